The van der Waals surface area contributed by atoms with Crippen molar-refractivity contribution in [3.8, 4) is 0 Å². The van der Waals surface area contributed by atoms with Gasteiger partial charge in [-0.15, -0.1) is 11.3 Å². The molecule has 2 rings (SSSR count). The van der Waals surface area contributed by atoms with Crippen molar-refractivity contribution in [3.63, 3.8) is 0 Å². The van der Waals surface area contributed by atoms with Crippen LogP contribution in [-0.4, -0.2) is 33.5 Å². The Hall–Kier alpha value is -0.950. The van der Waals surface area contributed by atoms with Crippen LogP contribution in [0.15, 0.2) is 34.8 Å². The minimum atomic E-state index is -0.758. The highest BCUT2D eigenvalue weighted by Gasteiger charge is 2.39. The molecular weight excluding hydrogens is 464 g/mol. The predicted molar refractivity (Wildman–Crippen MR) is 127 cm³/mol. The lowest BCUT2D eigenvalue weighted by atomic mass is 9.85. The number of halogens is 1. The number of aliphatic hydroxyl groups excluding tert-OH is 2. The highest BCUT2D eigenvalue weighted by molar-refractivity contribution is 9.10. The van der Waals surface area contributed by atoms with Crippen molar-refractivity contribution < 1.29 is 20.1 Å². The van der Waals surface area contributed by atoms with Crippen LogP contribution in [0.4, 0.5) is 0 Å². The van der Waals surface area contributed by atoms with E-state index in [-0.39, 0.29) is 24.4 Å². The lowest BCUT2D eigenvalue weighted by Crippen LogP contribution is -2.19. The van der Waals surface area contributed by atoms with Gasteiger partial charge in [-0.05, 0) is 85.2 Å². The number of aliphatic hydroxyl groups is 2. The number of aliphatic carboxylic acids is 1. The van der Waals surface area contributed by atoms with Crippen LogP contribution in [0.5, 0.6) is 0 Å². The van der Waals surface area contributed by atoms with Crippen LogP contribution in [0.2, 0.25) is 0 Å². The molecule has 0 saturated heterocycles. The lowest BCUT2D eigenvalue weighted by molar-refractivity contribution is -0.137. The van der Waals surface area contributed by atoms with Crippen molar-refractivity contribution in [1.29, 1.82) is 0 Å². The van der Waals surface area contributed by atoms with Crippen LogP contribution in [0, 0.1) is 24.7 Å². The van der Waals surface area contributed by atoms with Gasteiger partial charge >= 0.3 is 5.97 Å². The summed E-state index contributed by atoms with van der Waals surface area (Å²) in [5.74, 6) is 0.0993. The van der Waals surface area contributed by atoms with Gasteiger partial charge in [-0.3, -0.25) is 4.79 Å². The Morgan fingerprint density at radius 3 is 2.80 bits per heavy atom. The predicted octanol–water partition coefficient (Wildman–Crippen LogP) is 5.89. The minimum Gasteiger partial charge on any atom is -0.481 e. The zero-order valence-electron chi connectivity index (χ0n) is 18.0. The van der Waals surface area contributed by atoms with Crippen LogP contribution in [-0.2, 0) is 11.2 Å². The maximum absolute atomic E-state index is 10.6. The molecule has 1 fully saturated rings. The van der Waals surface area contributed by atoms with Gasteiger partial charge in [0.1, 0.15) is 0 Å². The summed E-state index contributed by atoms with van der Waals surface area (Å²) in [4.78, 5) is 13.1. The number of hydrogen-bond acceptors (Lipinski definition) is 4. The smallest absolute Gasteiger partial charge is 0.303 e. The SMILES string of the molecule is CCC1CC(O)[C@H](CC=CCCCC(=O)O)[C@H]1C=C[C@@H](O)CCc1cc(Br)c(C)s1. The summed E-state index contributed by atoms with van der Waals surface area (Å²) in [6, 6.07) is 2.13. The van der Waals surface area contributed by atoms with Gasteiger partial charge < -0.3 is 15.3 Å². The van der Waals surface area contributed by atoms with Gasteiger partial charge in [0, 0.05) is 20.6 Å². The van der Waals surface area contributed by atoms with Gasteiger partial charge in [-0.25, -0.2) is 0 Å². The molecule has 6 heteroatoms. The maximum atomic E-state index is 10.6. The molecule has 0 radical (unpaired) electrons. The molecule has 0 aromatic carbocycles. The second kappa shape index (κ2) is 12.8. The third-order valence-corrected chi connectivity index (χ3v) is 8.28. The highest BCUT2D eigenvalue weighted by atomic mass is 79.9. The van der Waals surface area contributed by atoms with Crippen molar-refractivity contribution in [2.75, 3.05) is 0 Å². The van der Waals surface area contributed by atoms with E-state index in [1.807, 2.05) is 12.2 Å². The van der Waals surface area contributed by atoms with Gasteiger partial charge in [0.2, 0.25) is 0 Å². The largest absolute Gasteiger partial charge is 0.481 e. The van der Waals surface area contributed by atoms with Gasteiger partial charge in [0.25, 0.3) is 0 Å². The van der Waals surface area contributed by atoms with Gasteiger partial charge in [-0.2, -0.15) is 0 Å². The summed E-state index contributed by atoms with van der Waals surface area (Å²) < 4.78 is 1.14. The first-order valence-corrected chi connectivity index (χ1v) is 12.6. The summed E-state index contributed by atoms with van der Waals surface area (Å²) in [6.07, 6.45) is 13.1. The fourth-order valence-corrected chi connectivity index (χ4v) is 5.94. The quantitative estimate of drug-likeness (QED) is 0.248. The van der Waals surface area contributed by atoms with Crippen LogP contribution < -0.4 is 0 Å². The molecule has 3 N–H and O–H groups in total. The monoisotopic (exact) mass is 498 g/mol. The Balaban J connectivity index is 1.88. The van der Waals surface area contributed by atoms with Crippen LogP contribution in [0.3, 0.4) is 0 Å². The number of thiophene rings is 1. The molecule has 5 atom stereocenters. The van der Waals surface area contributed by atoms with Crippen molar-refractivity contribution in [3.05, 3.63) is 44.6 Å². The van der Waals surface area contributed by atoms with E-state index in [2.05, 4.69) is 48.0 Å². The molecule has 168 valence electrons. The van der Waals surface area contributed by atoms with Crippen molar-refractivity contribution in [2.45, 2.75) is 77.4 Å². The van der Waals surface area contributed by atoms with Crippen molar-refractivity contribution in [2.24, 2.45) is 17.8 Å². The number of carbonyl (C=O) groups is 1. The molecule has 0 amide bonds. The minimum absolute atomic E-state index is 0.157. The number of hydrogen-bond donors (Lipinski definition) is 3. The summed E-state index contributed by atoms with van der Waals surface area (Å²) in [7, 11) is 0. The first-order chi connectivity index (χ1) is 14.3. The average molecular weight is 500 g/mol. The normalized spacial score (nSPS) is 25.5. The number of allylic oxidation sites excluding steroid dienone is 3. The van der Waals surface area contributed by atoms with E-state index in [1.165, 1.54) is 9.75 Å². The number of carboxylic acid groups (broad SMARTS) is 1. The first-order valence-electron chi connectivity index (χ1n) is 11.0. The summed E-state index contributed by atoms with van der Waals surface area (Å²) in [6.45, 7) is 4.25. The van der Waals surface area contributed by atoms with E-state index in [1.54, 1.807) is 11.3 Å². The Bertz CT molecular complexity index is 707. The first kappa shape index (κ1) is 25.3. The Morgan fingerprint density at radius 2 is 2.17 bits per heavy atom. The molecule has 2 unspecified atom stereocenters. The zero-order chi connectivity index (χ0) is 22.1. The molecule has 0 spiro atoms. The lowest BCUT2D eigenvalue weighted by Gasteiger charge is -2.21. The van der Waals surface area contributed by atoms with Crippen LogP contribution in [0.1, 0.15) is 61.6 Å². The van der Waals surface area contributed by atoms with Crippen LogP contribution in [0.25, 0.3) is 0 Å². The van der Waals surface area contributed by atoms with E-state index in [9.17, 15) is 15.0 Å². The molecule has 4 nitrogen and oxygen atoms in total. The van der Waals surface area contributed by atoms with Gasteiger partial charge in [0.05, 0.1) is 12.2 Å². The molecule has 30 heavy (non-hydrogen) atoms. The molecule has 0 bridgehead atoms. The Kier molecular flexibility index (Phi) is 10.8. The topological polar surface area (TPSA) is 77.8 Å². The van der Waals surface area contributed by atoms with E-state index < -0.39 is 12.1 Å². The van der Waals surface area contributed by atoms with E-state index in [4.69, 9.17) is 5.11 Å². The van der Waals surface area contributed by atoms with Crippen molar-refractivity contribution in [1.82, 2.24) is 0 Å². The van der Waals surface area contributed by atoms with E-state index in [0.29, 0.717) is 18.8 Å². The summed E-state index contributed by atoms with van der Waals surface area (Å²) in [5.41, 5.74) is 0. The molecule has 1 heterocycles. The van der Waals surface area contributed by atoms with E-state index >= 15 is 0 Å². The molecule has 1 aliphatic carbocycles. The summed E-state index contributed by atoms with van der Waals surface area (Å²) >= 11 is 5.31. The third kappa shape index (κ3) is 7.95. The third-order valence-electron chi connectivity index (χ3n) is 6.09. The molecule has 1 saturated carbocycles. The highest BCUT2D eigenvalue weighted by Crippen LogP contribution is 2.42. The molecule has 1 aromatic heterocycles. The van der Waals surface area contributed by atoms with Crippen molar-refractivity contribution >= 4 is 33.2 Å². The molecular formula is C24H35BrO4S. The standard InChI is InChI=1S/C24H35BrO4S/c1-3-17-14-23(27)21(8-6-4-5-7-9-24(28)29)20(17)13-11-18(26)10-12-19-15-22(25)16(2)30-19/h4,6,11,13,15,17-18,20-21,23,26-27H,3,5,7-10,12,14H2,1-2H3,(H,28,29)/t17?,18-,20-,21+,23?/m0/s1. The average Bonchev–Trinajstić information content (AvgIpc) is 3.19. The molecule has 1 aromatic rings. The van der Waals surface area contributed by atoms with Gasteiger partial charge in [0.15, 0.2) is 0 Å². The second-order valence-corrected chi connectivity index (χ2v) is 10.5. The summed E-state index contributed by atoms with van der Waals surface area (Å²) in [5, 5.41) is 29.7. The number of unbranched alkanes of at least 4 members (excludes halogenated alkanes) is 1. The van der Waals surface area contributed by atoms with Gasteiger partial charge in [-0.1, -0.05) is 37.6 Å². The number of aryl methyl sites for hydroxylation is 2. The van der Waals surface area contributed by atoms with E-state index in [0.717, 1.165) is 36.6 Å². The fraction of sp³-hybridized carbons (Fsp3) is 0.625. The number of rotatable bonds is 12. The molecule has 0 aliphatic heterocycles. The zero-order valence-corrected chi connectivity index (χ0v) is 20.4. The fourth-order valence-electron chi connectivity index (χ4n) is 4.33. The Morgan fingerprint density at radius 1 is 1.40 bits per heavy atom. The Labute approximate surface area is 192 Å². The second-order valence-electron chi connectivity index (χ2n) is 8.31. The molecule has 1 aliphatic rings. The maximum Gasteiger partial charge on any atom is 0.303 e. The van der Waals surface area contributed by atoms with Crippen LogP contribution >= 0.6 is 27.3 Å². The number of carboxylic acids is 1.